The summed E-state index contributed by atoms with van der Waals surface area (Å²) in [5, 5.41) is 13.0. The van der Waals surface area contributed by atoms with Crippen LogP contribution in [-0.4, -0.2) is 60.3 Å². The summed E-state index contributed by atoms with van der Waals surface area (Å²) in [5.74, 6) is -1.31. The summed E-state index contributed by atoms with van der Waals surface area (Å²) < 4.78 is 29.4. The van der Waals surface area contributed by atoms with E-state index in [9.17, 15) is 13.9 Å². The summed E-state index contributed by atoms with van der Waals surface area (Å²) in [6.07, 6.45) is 5.39. The molecule has 0 bridgehead atoms. The van der Waals surface area contributed by atoms with Gasteiger partial charge in [-0.05, 0) is 61.7 Å². The smallest absolute Gasteiger partial charge is 0.129 e. The Kier molecular flexibility index (Phi) is 7.85. The first-order chi connectivity index (χ1) is 15.8. The van der Waals surface area contributed by atoms with Gasteiger partial charge < -0.3 is 14.9 Å². The zero-order valence-corrected chi connectivity index (χ0v) is 20.0. The van der Waals surface area contributed by atoms with Gasteiger partial charge in [-0.3, -0.25) is 0 Å². The molecule has 2 aromatic carbocycles. The summed E-state index contributed by atoms with van der Waals surface area (Å²) in [6, 6.07) is 11.4. The monoisotopic (exact) mass is 474 g/mol. The Hall–Kier alpha value is -1.79. The predicted octanol–water partition coefficient (Wildman–Crippen LogP) is 5.41. The van der Waals surface area contributed by atoms with Crippen LogP contribution in [-0.2, 0) is 6.42 Å². The first-order valence-corrected chi connectivity index (χ1v) is 12.3. The van der Waals surface area contributed by atoms with Gasteiger partial charge in [0.1, 0.15) is 11.6 Å². The zero-order chi connectivity index (χ0) is 23.4. The van der Waals surface area contributed by atoms with Crippen molar-refractivity contribution in [3.63, 3.8) is 0 Å². The molecular weight excluding hydrogens is 442 g/mol. The number of benzene rings is 2. The summed E-state index contributed by atoms with van der Waals surface area (Å²) in [7, 11) is 2.12. The fourth-order valence-corrected chi connectivity index (χ4v) is 5.32. The van der Waals surface area contributed by atoms with Crippen LogP contribution in [0.1, 0.15) is 36.8 Å². The molecule has 2 fully saturated rings. The van der Waals surface area contributed by atoms with E-state index in [1.165, 1.54) is 18.2 Å². The summed E-state index contributed by atoms with van der Waals surface area (Å²) >= 11 is 6.06. The Morgan fingerprint density at radius 1 is 1.03 bits per heavy atom. The number of likely N-dealkylation sites (N-methyl/N-ethyl adjacent to an activating group) is 1. The van der Waals surface area contributed by atoms with Crippen LogP contribution in [0.3, 0.4) is 0 Å². The van der Waals surface area contributed by atoms with Crippen LogP contribution < -0.4 is 0 Å². The van der Waals surface area contributed by atoms with Crippen LogP contribution in [0, 0.1) is 17.6 Å². The molecule has 1 N–H and O–H groups in total. The summed E-state index contributed by atoms with van der Waals surface area (Å²) in [5.41, 5.74) is 0.418. The second-order valence-corrected chi connectivity index (χ2v) is 10.0. The number of nitrogens with zero attached hydrogens (tertiary/aromatic N) is 2. The van der Waals surface area contributed by atoms with Crippen LogP contribution in [0.5, 0.6) is 0 Å². The molecule has 6 heteroatoms. The minimum absolute atomic E-state index is 0.0349. The van der Waals surface area contributed by atoms with Crippen LogP contribution in [0.2, 0.25) is 5.02 Å². The highest BCUT2D eigenvalue weighted by molar-refractivity contribution is 6.30. The normalized spacial score (nSPS) is 26.5. The lowest BCUT2D eigenvalue weighted by Crippen LogP contribution is -2.51. The van der Waals surface area contributed by atoms with E-state index < -0.39 is 17.2 Å². The first kappa shape index (κ1) is 24.3. The minimum atomic E-state index is -1.33. The molecule has 178 valence electrons. The number of piperazine rings is 1. The van der Waals surface area contributed by atoms with Crippen LogP contribution >= 0.6 is 11.6 Å². The van der Waals surface area contributed by atoms with Crippen LogP contribution in [0.15, 0.2) is 48.0 Å². The molecule has 2 aliphatic rings. The Balaban J connectivity index is 1.72. The molecule has 0 amide bonds. The molecule has 1 heterocycles. The van der Waals surface area contributed by atoms with E-state index in [1.807, 2.05) is 30.3 Å². The van der Waals surface area contributed by atoms with E-state index in [4.69, 9.17) is 11.6 Å². The van der Waals surface area contributed by atoms with Gasteiger partial charge in [0.25, 0.3) is 0 Å². The van der Waals surface area contributed by atoms with Crippen molar-refractivity contribution in [1.82, 2.24) is 9.80 Å². The quantitative estimate of drug-likeness (QED) is 0.587. The highest BCUT2D eigenvalue weighted by Gasteiger charge is 2.43. The SMILES string of the molecule is CN1CCN(CC2CCCC/C(=C/c3ccc(Cl)cc3)C2(O)Cc2c(F)cccc2F)CC1. The fourth-order valence-electron chi connectivity index (χ4n) is 5.19. The van der Waals surface area contributed by atoms with Crippen molar-refractivity contribution in [2.45, 2.75) is 37.7 Å². The third-order valence-corrected chi connectivity index (χ3v) is 7.53. The molecule has 33 heavy (non-hydrogen) atoms. The Morgan fingerprint density at radius 2 is 1.70 bits per heavy atom. The number of rotatable bonds is 5. The highest BCUT2D eigenvalue weighted by Crippen LogP contribution is 2.41. The number of halogens is 3. The maximum atomic E-state index is 14.7. The molecule has 0 radical (unpaired) electrons. The van der Waals surface area contributed by atoms with Gasteiger partial charge in [0, 0.05) is 55.6 Å². The minimum Gasteiger partial charge on any atom is -0.385 e. The van der Waals surface area contributed by atoms with Crippen molar-refractivity contribution < 1.29 is 13.9 Å². The highest BCUT2D eigenvalue weighted by atomic mass is 35.5. The Bertz CT molecular complexity index is 952. The van der Waals surface area contributed by atoms with E-state index in [-0.39, 0.29) is 17.9 Å². The second-order valence-electron chi connectivity index (χ2n) is 9.57. The third-order valence-electron chi connectivity index (χ3n) is 7.27. The molecule has 1 saturated heterocycles. The molecular formula is C27H33ClF2N2O. The average Bonchev–Trinajstić information content (AvgIpc) is 2.93. The maximum Gasteiger partial charge on any atom is 0.129 e. The molecule has 0 aromatic heterocycles. The number of hydrogen-bond donors (Lipinski definition) is 1. The van der Waals surface area contributed by atoms with E-state index in [2.05, 4.69) is 16.8 Å². The molecule has 3 nitrogen and oxygen atoms in total. The average molecular weight is 475 g/mol. The standard InChI is InChI=1S/C27H33ClF2N2O/c1-31-13-15-32(16-14-31)19-22-6-3-2-5-21(17-20-9-11-23(28)12-10-20)27(22,33)18-24-25(29)7-4-8-26(24)30/h4,7-12,17,22,33H,2-3,5-6,13-16,18-19H2,1H3/b21-17-. The predicted molar refractivity (Wildman–Crippen MR) is 130 cm³/mol. The second kappa shape index (κ2) is 10.6. The first-order valence-electron chi connectivity index (χ1n) is 11.9. The van der Waals surface area contributed by atoms with Crippen LogP contribution in [0.25, 0.3) is 6.08 Å². The van der Waals surface area contributed by atoms with Gasteiger partial charge in [0.15, 0.2) is 0 Å². The Morgan fingerprint density at radius 3 is 2.36 bits per heavy atom. The largest absolute Gasteiger partial charge is 0.385 e. The molecule has 1 saturated carbocycles. The van der Waals surface area contributed by atoms with Crippen molar-refractivity contribution >= 4 is 17.7 Å². The van der Waals surface area contributed by atoms with E-state index in [0.717, 1.165) is 63.1 Å². The van der Waals surface area contributed by atoms with E-state index >= 15 is 0 Å². The maximum absolute atomic E-state index is 14.7. The van der Waals surface area contributed by atoms with Gasteiger partial charge in [0.05, 0.1) is 5.60 Å². The topological polar surface area (TPSA) is 26.7 Å². The molecule has 4 rings (SSSR count). The van der Waals surface area contributed by atoms with E-state index in [1.54, 1.807) is 0 Å². The Labute approximate surface area is 200 Å². The van der Waals surface area contributed by atoms with Gasteiger partial charge in [-0.1, -0.05) is 42.3 Å². The van der Waals surface area contributed by atoms with Crippen molar-refractivity contribution in [1.29, 1.82) is 0 Å². The van der Waals surface area contributed by atoms with Crippen molar-refractivity contribution in [3.8, 4) is 0 Å². The molecule has 2 unspecified atom stereocenters. The van der Waals surface area contributed by atoms with Gasteiger partial charge in [-0.15, -0.1) is 0 Å². The lowest BCUT2D eigenvalue weighted by atomic mass is 9.74. The van der Waals surface area contributed by atoms with Gasteiger partial charge in [0.2, 0.25) is 0 Å². The fraction of sp³-hybridized carbons (Fsp3) is 0.481. The molecule has 1 aliphatic heterocycles. The lowest BCUT2D eigenvalue weighted by Gasteiger charge is -2.42. The van der Waals surface area contributed by atoms with Gasteiger partial charge in [-0.25, -0.2) is 8.78 Å². The van der Waals surface area contributed by atoms with Gasteiger partial charge >= 0.3 is 0 Å². The van der Waals surface area contributed by atoms with Crippen LogP contribution in [0.4, 0.5) is 8.78 Å². The van der Waals surface area contributed by atoms with Crippen molar-refractivity contribution in [2.75, 3.05) is 39.8 Å². The molecule has 2 atom stereocenters. The molecule has 1 aliphatic carbocycles. The molecule has 2 aromatic rings. The number of aliphatic hydroxyl groups is 1. The molecule has 0 spiro atoms. The summed E-state index contributed by atoms with van der Waals surface area (Å²) in [4.78, 5) is 4.69. The lowest BCUT2D eigenvalue weighted by molar-refractivity contribution is -0.00756. The summed E-state index contributed by atoms with van der Waals surface area (Å²) in [6.45, 7) is 4.57. The third kappa shape index (κ3) is 5.83. The van der Waals surface area contributed by atoms with Gasteiger partial charge in [-0.2, -0.15) is 0 Å². The van der Waals surface area contributed by atoms with E-state index in [0.29, 0.717) is 11.4 Å². The van der Waals surface area contributed by atoms with Crippen molar-refractivity contribution in [3.05, 3.63) is 75.8 Å². The zero-order valence-electron chi connectivity index (χ0n) is 19.2. The van der Waals surface area contributed by atoms with Crippen molar-refractivity contribution in [2.24, 2.45) is 5.92 Å². The number of hydrogen-bond acceptors (Lipinski definition) is 3.